The SMILES string of the molecule is CCC(=O)/C(=N\O)C(=O)c1ccncc1. The van der Waals surface area contributed by atoms with E-state index in [1.807, 2.05) is 0 Å². The summed E-state index contributed by atoms with van der Waals surface area (Å²) in [6.07, 6.45) is 2.98. The van der Waals surface area contributed by atoms with Crippen molar-refractivity contribution >= 4 is 17.3 Å². The van der Waals surface area contributed by atoms with E-state index >= 15 is 0 Å². The third-order valence-electron chi connectivity index (χ3n) is 1.84. The van der Waals surface area contributed by atoms with Crippen LogP contribution in [0.2, 0.25) is 0 Å². The highest BCUT2D eigenvalue weighted by molar-refractivity contribution is 6.69. The van der Waals surface area contributed by atoms with E-state index in [0.29, 0.717) is 0 Å². The van der Waals surface area contributed by atoms with Crippen LogP contribution in [0.1, 0.15) is 23.7 Å². The minimum atomic E-state index is -0.591. The lowest BCUT2D eigenvalue weighted by atomic mass is 10.0. The summed E-state index contributed by atoms with van der Waals surface area (Å²) in [4.78, 5) is 26.6. The van der Waals surface area contributed by atoms with Gasteiger partial charge in [0.1, 0.15) is 0 Å². The molecule has 0 aromatic carbocycles. The third-order valence-corrected chi connectivity index (χ3v) is 1.84. The van der Waals surface area contributed by atoms with Crippen LogP contribution >= 0.6 is 0 Å². The second-order valence-corrected chi connectivity index (χ2v) is 2.79. The summed E-state index contributed by atoms with van der Waals surface area (Å²) in [5.41, 5.74) is -0.164. The van der Waals surface area contributed by atoms with Crippen LogP contribution in [-0.4, -0.2) is 27.5 Å². The molecule has 0 aliphatic heterocycles. The number of ketones is 2. The van der Waals surface area contributed by atoms with Gasteiger partial charge in [-0.05, 0) is 12.1 Å². The molecule has 5 heteroatoms. The summed E-state index contributed by atoms with van der Waals surface area (Å²) in [5, 5.41) is 11.3. The van der Waals surface area contributed by atoms with Crippen LogP contribution < -0.4 is 0 Å². The van der Waals surface area contributed by atoms with Crippen LogP contribution in [0.25, 0.3) is 0 Å². The van der Waals surface area contributed by atoms with Crippen molar-refractivity contribution in [1.29, 1.82) is 0 Å². The summed E-state index contributed by atoms with van der Waals surface area (Å²) < 4.78 is 0. The van der Waals surface area contributed by atoms with Crippen molar-refractivity contribution < 1.29 is 14.8 Å². The highest BCUT2D eigenvalue weighted by Gasteiger charge is 2.20. The fourth-order valence-electron chi connectivity index (χ4n) is 1.04. The Kier molecular flexibility index (Phi) is 3.68. The van der Waals surface area contributed by atoms with Crippen molar-refractivity contribution in [2.75, 3.05) is 0 Å². The normalized spacial score (nSPS) is 11.1. The molecule has 5 nitrogen and oxygen atoms in total. The highest BCUT2D eigenvalue weighted by atomic mass is 16.4. The average Bonchev–Trinajstić information content (AvgIpc) is 2.30. The minimum Gasteiger partial charge on any atom is -0.410 e. The lowest BCUT2D eigenvalue weighted by molar-refractivity contribution is -0.112. The smallest absolute Gasteiger partial charge is 0.218 e. The summed E-state index contributed by atoms with van der Waals surface area (Å²) >= 11 is 0. The lowest BCUT2D eigenvalue weighted by Gasteiger charge is -2.00. The second-order valence-electron chi connectivity index (χ2n) is 2.79. The fourth-order valence-corrected chi connectivity index (χ4v) is 1.04. The van der Waals surface area contributed by atoms with E-state index in [1.54, 1.807) is 6.92 Å². The van der Waals surface area contributed by atoms with Crippen molar-refractivity contribution in [3.63, 3.8) is 0 Å². The Morgan fingerprint density at radius 1 is 1.40 bits per heavy atom. The summed E-state index contributed by atoms with van der Waals surface area (Å²) in [5.74, 6) is -1.08. The summed E-state index contributed by atoms with van der Waals surface area (Å²) in [6, 6.07) is 2.91. The molecule has 0 aliphatic rings. The van der Waals surface area contributed by atoms with E-state index in [1.165, 1.54) is 24.5 Å². The van der Waals surface area contributed by atoms with Gasteiger partial charge in [-0.3, -0.25) is 14.6 Å². The lowest BCUT2D eigenvalue weighted by Crippen LogP contribution is -2.23. The molecule has 78 valence electrons. The van der Waals surface area contributed by atoms with Crippen molar-refractivity contribution in [1.82, 2.24) is 4.98 Å². The first-order valence-corrected chi connectivity index (χ1v) is 4.40. The van der Waals surface area contributed by atoms with E-state index in [9.17, 15) is 9.59 Å². The van der Waals surface area contributed by atoms with Crippen LogP contribution in [0.3, 0.4) is 0 Å². The summed E-state index contributed by atoms with van der Waals surface area (Å²) in [7, 11) is 0. The molecule has 0 radical (unpaired) electrons. The Morgan fingerprint density at radius 3 is 2.47 bits per heavy atom. The Balaban J connectivity index is 2.99. The topological polar surface area (TPSA) is 79.6 Å². The highest BCUT2D eigenvalue weighted by Crippen LogP contribution is 2.02. The molecular formula is C10H10N2O3. The molecule has 0 aliphatic carbocycles. The van der Waals surface area contributed by atoms with Crippen LogP contribution in [0, 0.1) is 0 Å². The number of carbonyl (C=O) groups is 2. The minimum absolute atomic E-state index is 0.121. The van der Waals surface area contributed by atoms with Gasteiger partial charge in [0.2, 0.25) is 5.78 Å². The summed E-state index contributed by atoms with van der Waals surface area (Å²) in [6.45, 7) is 1.59. The van der Waals surface area contributed by atoms with Gasteiger partial charge >= 0.3 is 0 Å². The van der Waals surface area contributed by atoms with Gasteiger partial charge in [0.15, 0.2) is 11.5 Å². The van der Waals surface area contributed by atoms with E-state index in [-0.39, 0.29) is 12.0 Å². The van der Waals surface area contributed by atoms with Gasteiger partial charge in [-0.15, -0.1) is 0 Å². The Labute approximate surface area is 86.4 Å². The zero-order chi connectivity index (χ0) is 11.3. The molecule has 1 rings (SSSR count). The van der Waals surface area contributed by atoms with Gasteiger partial charge in [0.05, 0.1) is 0 Å². The van der Waals surface area contributed by atoms with Crippen LogP contribution in [0.4, 0.5) is 0 Å². The standard InChI is InChI=1S/C10H10N2O3/c1-2-8(13)9(12-15)10(14)7-3-5-11-6-4-7/h3-6,15H,2H2,1H3/b12-9+. The van der Waals surface area contributed by atoms with Gasteiger partial charge < -0.3 is 5.21 Å². The number of nitrogens with zero attached hydrogens (tertiary/aromatic N) is 2. The van der Waals surface area contributed by atoms with Gasteiger partial charge in [-0.2, -0.15) is 0 Å². The predicted octanol–water partition coefficient (Wildman–Crippen LogP) is 1.07. The molecule has 0 unspecified atom stereocenters. The number of pyridine rings is 1. The van der Waals surface area contributed by atoms with Crippen molar-refractivity contribution in [2.24, 2.45) is 5.16 Å². The Hall–Kier alpha value is -2.04. The van der Waals surface area contributed by atoms with E-state index in [2.05, 4.69) is 10.1 Å². The molecule has 0 spiro atoms. The van der Waals surface area contributed by atoms with Crippen molar-refractivity contribution in [2.45, 2.75) is 13.3 Å². The van der Waals surface area contributed by atoms with E-state index < -0.39 is 17.3 Å². The Morgan fingerprint density at radius 2 is 2.00 bits per heavy atom. The first kappa shape index (κ1) is 11.0. The van der Waals surface area contributed by atoms with Crippen LogP contribution in [0.15, 0.2) is 29.7 Å². The largest absolute Gasteiger partial charge is 0.410 e. The number of hydrogen-bond donors (Lipinski definition) is 1. The first-order chi connectivity index (χ1) is 7.20. The van der Waals surface area contributed by atoms with Crippen molar-refractivity contribution in [3.05, 3.63) is 30.1 Å². The number of hydrogen-bond acceptors (Lipinski definition) is 5. The molecule has 1 N–H and O–H groups in total. The first-order valence-electron chi connectivity index (χ1n) is 4.40. The molecule has 1 aromatic heterocycles. The monoisotopic (exact) mass is 206 g/mol. The number of aromatic nitrogens is 1. The Bertz CT molecular complexity index is 398. The van der Waals surface area contributed by atoms with Crippen LogP contribution in [-0.2, 0) is 4.79 Å². The molecule has 0 fully saturated rings. The maximum atomic E-state index is 11.6. The number of rotatable bonds is 4. The van der Waals surface area contributed by atoms with Crippen molar-refractivity contribution in [3.8, 4) is 0 Å². The molecule has 0 saturated carbocycles. The molecular weight excluding hydrogens is 196 g/mol. The van der Waals surface area contributed by atoms with Gasteiger partial charge in [-0.1, -0.05) is 12.1 Å². The van der Waals surface area contributed by atoms with Crippen LogP contribution in [0.5, 0.6) is 0 Å². The number of carbonyl (C=O) groups excluding carboxylic acids is 2. The zero-order valence-electron chi connectivity index (χ0n) is 8.17. The van der Waals surface area contributed by atoms with E-state index in [0.717, 1.165) is 0 Å². The number of Topliss-reactive ketones (excluding diaryl/α,β-unsaturated/α-hetero) is 2. The maximum absolute atomic E-state index is 11.6. The zero-order valence-corrected chi connectivity index (χ0v) is 8.17. The number of oxime groups is 1. The van der Waals surface area contributed by atoms with Gasteiger partial charge in [0.25, 0.3) is 0 Å². The quantitative estimate of drug-likeness (QED) is 0.263. The molecule has 0 bridgehead atoms. The van der Waals surface area contributed by atoms with E-state index in [4.69, 9.17) is 5.21 Å². The van der Waals surface area contributed by atoms with Gasteiger partial charge in [-0.25, -0.2) is 0 Å². The molecule has 15 heavy (non-hydrogen) atoms. The molecule has 1 heterocycles. The second kappa shape index (κ2) is 4.99. The predicted molar refractivity (Wildman–Crippen MR) is 53.1 cm³/mol. The van der Waals surface area contributed by atoms with Gasteiger partial charge in [0, 0.05) is 24.4 Å². The molecule has 0 amide bonds. The molecule has 0 saturated heterocycles. The third kappa shape index (κ3) is 2.46. The fraction of sp³-hybridized carbons (Fsp3) is 0.200. The molecule has 0 atom stereocenters. The average molecular weight is 206 g/mol. The molecule has 1 aromatic rings. The maximum Gasteiger partial charge on any atom is 0.218 e.